The van der Waals surface area contributed by atoms with Crippen LogP contribution in [0.25, 0.3) is 0 Å². The Kier molecular flexibility index (Phi) is 1.68. The maximum absolute atomic E-state index is 4.21. The smallest absolute Gasteiger partial charge is 0.144 e. The lowest BCUT2D eigenvalue weighted by Crippen LogP contribution is -2.29. The van der Waals surface area contributed by atoms with Gasteiger partial charge in [-0.3, -0.25) is 0 Å². The van der Waals surface area contributed by atoms with Crippen molar-refractivity contribution in [2.75, 3.05) is 0 Å². The summed E-state index contributed by atoms with van der Waals surface area (Å²) in [5.74, 6) is 0.936. The first kappa shape index (κ1) is 7.22. The summed E-state index contributed by atoms with van der Waals surface area (Å²) in [6, 6.07) is 1.85. The van der Waals surface area contributed by atoms with E-state index in [-0.39, 0.29) is 4.32 Å². The highest BCUT2D eigenvalue weighted by Crippen LogP contribution is 2.47. The van der Waals surface area contributed by atoms with Crippen molar-refractivity contribution < 1.29 is 0 Å². The Labute approximate surface area is 74.2 Å². The molecule has 58 valence electrons. The summed E-state index contributed by atoms with van der Waals surface area (Å²) in [5.41, 5.74) is 0. The van der Waals surface area contributed by atoms with Crippen LogP contribution >= 0.6 is 15.9 Å². The molecular formula is C8H9BrN2. The van der Waals surface area contributed by atoms with Gasteiger partial charge in [-0.15, -0.1) is 0 Å². The summed E-state index contributed by atoms with van der Waals surface area (Å²) >= 11 is 3.65. The first-order valence-corrected chi connectivity index (χ1v) is 4.57. The molecule has 0 spiro atoms. The molecule has 1 aromatic heterocycles. The second-order valence-corrected chi connectivity index (χ2v) is 4.41. The van der Waals surface area contributed by atoms with Gasteiger partial charge in [0.15, 0.2) is 0 Å². The summed E-state index contributed by atoms with van der Waals surface area (Å²) in [6.45, 7) is 0. The monoisotopic (exact) mass is 212 g/mol. The molecule has 0 saturated heterocycles. The highest BCUT2D eigenvalue weighted by Gasteiger charge is 2.38. The molecule has 0 radical (unpaired) electrons. The van der Waals surface area contributed by atoms with Gasteiger partial charge in [-0.05, 0) is 25.3 Å². The van der Waals surface area contributed by atoms with Gasteiger partial charge < -0.3 is 0 Å². The third-order valence-electron chi connectivity index (χ3n) is 2.11. The molecule has 3 heteroatoms. The van der Waals surface area contributed by atoms with Crippen molar-refractivity contribution in [1.29, 1.82) is 0 Å². The molecule has 0 bridgehead atoms. The second-order valence-electron chi connectivity index (χ2n) is 2.89. The van der Waals surface area contributed by atoms with E-state index >= 15 is 0 Å². The molecule has 2 nitrogen and oxygen atoms in total. The van der Waals surface area contributed by atoms with Gasteiger partial charge in [-0.25, -0.2) is 9.97 Å². The van der Waals surface area contributed by atoms with Crippen molar-refractivity contribution in [2.45, 2.75) is 23.6 Å². The molecule has 1 aliphatic carbocycles. The summed E-state index contributed by atoms with van der Waals surface area (Å²) in [6.07, 6.45) is 7.20. The lowest BCUT2D eigenvalue weighted by atomic mass is 9.84. The zero-order valence-corrected chi connectivity index (χ0v) is 7.71. The van der Waals surface area contributed by atoms with E-state index in [0.717, 1.165) is 18.7 Å². The van der Waals surface area contributed by atoms with Gasteiger partial charge in [0.2, 0.25) is 0 Å². The van der Waals surface area contributed by atoms with Crippen molar-refractivity contribution in [3.8, 4) is 0 Å². The van der Waals surface area contributed by atoms with Crippen LogP contribution in [0.15, 0.2) is 18.5 Å². The Morgan fingerprint density at radius 1 is 1.27 bits per heavy atom. The van der Waals surface area contributed by atoms with E-state index < -0.39 is 0 Å². The Bertz CT molecular complexity index is 244. The molecule has 0 atom stereocenters. The molecule has 0 unspecified atom stereocenters. The molecule has 1 heterocycles. The third kappa shape index (κ3) is 1.18. The summed E-state index contributed by atoms with van der Waals surface area (Å²) < 4.78 is 0.105. The number of hydrogen-bond acceptors (Lipinski definition) is 2. The van der Waals surface area contributed by atoms with Crippen LogP contribution in [0.5, 0.6) is 0 Å². The average molecular weight is 213 g/mol. The van der Waals surface area contributed by atoms with Gasteiger partial charge in [0.05, 0.1) is 4.32 Å². The van der Waals surface area contributed by atoms with Crippen molar-refractivity contribution >= 4 is 15.9 Å². The third-order valence-corrected chi connectivity index (χ3v) is 3.26. The lowest BCUT2D eigenvalue weighted by molar-refractivity contribution is 0.365. The molecule has 1 aromatic rings. The quantitative estimate of drug-likeness (QED) is 0.668. The van der Waals surface area contributed by atoms with Crippen LogP contribution in [0.4, 0.5) is 0 Å². The SMILES string of the molecule is BrC1(c2ncccn2)CCC1. The second kappa shape index (κ2) is 2.55. The fraction of sp³-hybridized carbons (Fsp3) is 0.500. The number of halogens is 1. The van der Waals surface area contributed by atoms with E-state index in [1.54, 1.807) is 12.4 Å². The predicted octanol–water partition coefficient (Wildman–Crippen LogP) is 2.25. The molecule has 2 rings (SSSR count). The summed E-state index contributed by atoms with van der Waals surface area (Å²) in [4.78, 5) is 8.43. The van der Waals surface area contributed by atoms with Crippen LogP contribution in [0, 0.1) is 0 Å². The lowest BCUT2D eigenvalue weighted by Gasteiger charge is -2.34. The van der Waals surface area contributed by atoms with Crippen LogP contribution < -0.4 is 0 Å². The Hall–Kier alpha value is -0.440. The van der Waals surface area contributed by atoms with Crippen LogP contribution in [-0.4, -0.2) is 9.97 Å². The van der Waals surface area contributed by atoms with Gasteiger partial charge in [-0.1, -0.05) is 15.9 Å². The van der Waals surface area contributed by atoms with Crippen LogP contribution in [0.2, 0.25) is 0 Å². The molecule has 1 fully saturated rings. The average Bonchev–Trinajstić information content (AvgIpc) is 2.02. The fourth-order valence-electron chi connectivity index (χ4n) is 1.24. The maximum atomic E-state index is 4.21. The highest BCUT2D eigenvalue weighted by atomic mass is 79.9. The molecule has 0 N–H and O–H groups in total. The van der Waals surface area contributed by atoms with Crippen molar-refractivity contribution in [3.63, 3.8) is 0 Å². The van der Waals surface area contributed by atoms with E-state index in [2.05, 4.69) is 25.9 Å². The van der Waals surface area contributed by atoms with Gasteiger partial charge in [0.25, 0.3) is 0 Å². The number of rotatable bonds is 1. The standard InChI is InChI=1S/C8H9BrN2/c9-8(3-1-4-8)7-10-5-2-6-11-7/h2,5-6H,1,3-4H2. The molecular weight excluding hydrogens is 204 g/mol. The van der Waals surface area contributed by atoms with Crippen molar-refractivity contribution in [3.05, 3.63) is 24.3 Å². The summed E-state index contributed by atoms with van der Waals surface area (Å²) in [5, 5.41) is 0. The molecule has 0 aromatic carbocycles. The number of aromatic nitrogens is 2. The van der Waals surface area contributed by atoms with E-state index in [1.807, 2.05) is 6.07 Å². The van der Waals surface area contributed by atoms with E-state index in [9.17, 15) is 0 Å². The maximum Gasteiger partial charge on any atom is 0.144 e. The van der Waals surface area contributed by atoms with Gasteiger partial charge >= 0.3 is 0 Å². The van der Waals surface area contributed by atoms with Crippen molar-refractivity contribution in [1.82, 2.24) is 9.97 Å². The largest absolute Gasteiger partial charge is 0.240 e. The number of alkyl halides is 1. The predicted molar refractivity (Wildman–Crippen MR) is 46.5 cm³/mol. The van der Waals surface area contributed by atoms with Crippen LogP contribution in [0.3, 0.4) is 0 Å². The molecule has 1 saturated carbocycles. The Balaban J connectivity index is 2.29. The summed E-state index contributed by atoms with van der Waals surface area (Å²) in [7, 11) is 0. The van der Waals surface area contributed by atoms with Gasteiger partial charge in [0.1, 0.15) is 5.82 Å². The van der Waals surface area contributed by atoms with E-state index in [1.165, 1.54) is 6.42 Å². The molecule has 1 aliphatic rings. The normalized spacial score (nSPS) is 20.8. The first-order chi connectivity index (χ1) is 5.31. The minimum absolute atomic E-state index is 0.105. The van der Waals surface area contributed by atoms with Crippen molar-refractivity contribution in [2.24, 2.45) is 0 Å². The zero-order valence-electron chi connectivity index (χ0n) is 6.13. The fourth-order valence-corrected chi connectivity index (χ4v) is 2.01. The van der Waals surface area contributed by atoms with Crippen LogP contribution in [0.1, 0.15) is 25.1 Å². The Morgan fingerprint density at radius 3 is 2.36 bits per heavy atom. The van der Waals surface area contributed by atoms with Crippen LogP contribution in [-0.2, 0) is 4.32 Å². The first-order valence-electron chi connectivity index (χ1n) is 3.78. The molecule has 0 amide bonds. The highest BCUT2D eigenvalue weighted by molar-refractivity contribution is 9.09. The molecule has 11 heavy (non-hydrogen) atoms. The van der Waals surface area contributed by atoms with E-state index in [4.69, 9.17) is 0 Å². The topological polar surface area (TPSA) is 25.8 Å². The van der Waals surface area contributed by atoms with Gasteiger partial charge in [-0.2, -0.15) is 0 Å². The van der Waals surface area contributed by atoms with Gasteiger partial charge in [0, 0.05) is 12.4 Å². The minimum atomic E-state index is 0.105. The number of nitrogens with zero attached hydrogens (tertiary/aromatic N) is 2. The zero-order chi connectivity index (χ0) is 7.73. The molecule has 0 aliphatic heterocycles. The number of hydrogen-bond donors (Lipinski definition) is 0. The van der Waals surface area contributed by atoms with E-state index in [0.29, 0.717) is 0 Å². The minimum Gasteiger partial charge on any atom is -0.240 e. The Morgan fingerprint density at radius 2 is 1.91 bits per heavy atom.